The van der Waals surface area contributed by atoms with Crippen molar-refractivity contribution in [2.24, 2.45) is 5.41 Å². The Bertz CT molecular complexity index is 1430. The highest BCUT2D eigenvalue weighted by atomic mass is 28.4. The van der Waals surface area contributed by atoms with Crippen LogP contribution in [0.15, 0.2) is 79.0 Å². The number of pyridine rings is 1. The summed E-state index contributed by atoms with van der Waals surface area (Å²) < 4.78 is 9.16. The summed E-state index contributed by atoms with van der Waals surface area (Å²) in [6.07, 6.45) is 2.05. The van der Waals surface area contributed by atoms with Crippen LogP contribution in [0.25, 0.3) is 16.9 Å². The molecule has 2 aromatic heterocycles. The number of hydrogen-bond acceptors (Lipinski definition) is 3. The third-order valence-electron chi connectivity index (χ3n) is 7.56. The van der Waals surface area contributed by atoms with Crippen molar-refractivity contribution in [2.75, 3.05) is 6.54 Å². The first-order valence-electron chi connectivity index (χ1n) is 13.8. The van der Waals surface area contributed by atoms with E-state index in [1.807, 2.05) is 36.4 Å². The maximum atomic E-state index is 12.1. The molecule has 0 bridgehead atoms. The zero-order valence-corrected chi connectivity index (χ0v) is 25.7. The summed E-state index contributed by atoms with van der Waals surface area (Å²) in [6.45, 7) is 18.2. The molecule has 39 heavy (non-hydrogen) atoms. The number of hydrogen-bond donors (Lipinski definition) is 1. The van der Waals surface area contributed by atoms with Crippen LogP contribution in [-0.4, -0.2) is 30.2 Å². The van der Waals surface area contributed by atoms with E-state index in [-0.39, 0.29) is 22.3 Å². The van der Waals surface area contributed by atoms with E-state index in [0.717, 1.165) is 40.0 Å². The third kappa shape index (κ3) is 6.61. The number of carbonyl (C=O) groups excluding carboxylic acids is 1. The van der Waals surface area contributed by atoms with Crippen molar-refractivity contribution in [3.63, 3.8) is 0 Å². The summed E-state index contributed by atoms with van der Waals surface area (Å²) >= 11 is 0. The van der Waals surface area contributed by atoms with Gasteiger partial charge in [-0.3, -0.25) is 4.79 Å². The number of rotatable bonds is 8. The van der Waals surface area contributed by atoms with Crippen LogP contribution < -0.4 is 9.74 Å². The molecule has 0 saturated carbocycles. The first-order chi connectivity index (χ1) is 18.3. The molecule has 5 nitrogen and oxygen atoms in total. The Morgan fingerprint density at radius 2 is 1.67 bits per heavy atom. The molecule has 206 valence electrons. The lowest BCUT2D eigenvalue weighted by Crippen LogP contribution is -2.49. The molecular weight excluding hydrogens is 498 g/mol. The van der Waals surface area contributed by atoms with Gasteiger partial charge in [-0.25, -0.2) is 4.98 Å². The van der Waals surface area contributed by atoms with Crippen molar-refractivity contribution in [1.29, 1.82) is 0 Å². The van der Waals surface area contributed by atoms with Crippen molar-refractivity contribution >= 4 is 19.9 Å². The molecule has 0 aliphatic carbocycles. The van der Waals surface area contributed by atoms with E-state index >= 15 is 0 Å². The Hall–Kier alpha value is -3.38. The summed E-state index contributed by atoms with van der Waals surface area (Å²) in [5.74, 6) is 0.708. The van der Waals surface area contributed by atoms with E-state index in [4.69, 9.17) is 9.41 Å². The third-order valence-corrected chi connectivity index (χ3v) is 13.2. The number of nitrogens with zero attached hydrogens (tertiary/aromatic N) is 2. The maximum absolute atomic E-state index is 12.1. The smallest absolute Gasteiger partial charge is 0.254 e. The fourth-order valence-corrected chi connectivity index (χ4v) is 8.88. The van der Waals surface area contributed by atoms with Crippen LogP contribution in [0.3, 0.4) is 0 Å². The van der Waals surface area contributed by atoms with Crippen LogP contribution in [0.4, 0.5) is 0 Å². The first-order valence-corrected chi connectivity index (χ1v) is 16.4. The Morgan fingerprint density at radius 1 is 0.974 bits per heavy atom. The molecular formula is C33H43N3O2Si. The van der Waals surface area contributed by atoms with Crippen molar-refractivity contribution in [3.05, 3.63) is 90.3 Å². The molecule has 0 radical (unpaired) electrons. The highest BCUT2D eigenvalue weighted by Gasteiger charge is 2.46. The van der Waals surface area contributed by atoms with Gasteiger partial charge in [0.05, 0.1) is 11.4 Å². The Labute approximate surface area is 234 Å². The lowest BCUT2D eigenvalue weighted by atomic mass is 9.92. The van der Waals surface area contributed by atoms with Gasteiger partial charge in [0.1, 0.15) is 11.4 Å². The molecule has 4 rings (SSSR count). The molecule has 2 heterocycles. The Balaban J connectivity index is 1.85. The summed E-state index contributed by atoms with van der Waals surface area (Å²) in [4.78, 5) is 17.1. The average Bonchev–Trinajstić information content (AvgIpc) is 3.22. The van der Waals surface area contributed by atoms with E-state index < -0.39 is 8.32 Å². The second-order valence-corrected chi connectivity index (χ2v) is 17.5. The largest absolute Gasteiger partial charge is 0.543 e. The SMILES string of the molecule is CC(=O)NCC(c1cccc(O[Si](C)(CC(C)(C)C)C(C)(C)C)c1)c1c(-c2ccccc2)nc2ccccn12. The zero-order valence-electron chi connectivity index (χ0n) is 24.7. The minimum Gasteiger partial charge on any atom is -0.543 e. The standard InChI is InChI=1S/C33H43N3O2Si/c1-24(37)34-22-28(31-30(25-15-10-9-11-16-25)35-29-19-12-13-20-36(29)31)26-17-14-18-27(21-26)38-39(8,33(5,6)7)23-32(2,3)4/h9-21,28H,22-23H2,1-8H3,(H,34,37). The minimum atomic E-state index is -2.18. The number of fused-ring (bicyclic) bond motifs is 1. The minimum absolute atomic E-state index is 0.0552. The number of imidazole rings is 1. The molecule has 2 unspecified atom stereocenters. The fraction of sp³-hybridized carbons (Fsp3) is 0.394. The molecule has 6 heteroatoms. The van der Waals surface area contributed by atoms with Crippen LogP contribution in [0.1, 0.15) is 65.6 Å². The summed E-state index contributed by atoms with van der Waals surface area (Å²) in [5, 5.41) is 3.15. The zero-order chi connectivity index (χ0) is 28.4. The molecule has 0 saturated heterocycles. The number of nitrogens with one attached hydrogen (secondary N) is 1. The normalized spacial score (nSPS) is 14.6. The van der Waals surface area contributed by atoms with Gasteiger partial charge in [0.2, 0.25) is 5.91 Å². The van der Waals surface area contributed by atoms with Gasteiger partial charge >= 0.3 is 0 Å². The monoisotopic (exact) mass is 541 g/mol. The van der Waals surface area contributed by atoms with E-state index in [9.17, 15) is 4.79 Å². The lowest BCUT2D eigenvalue weighted by molar-refractivity contribution is -0.118. The van der Waals surface area contributed by atoms with Crippen LogP contribution in [0, 0.1) is 5.41 Å². The van der Waals surface area contributed by atoms with Crippen molar-refractivity contribution < 1.29 is 9.22 Å². The van der Waals surface area contributed by atoms with Crippen LogP contribution in [0.5, 0.6) is 5.75 Å². The van der Waals surface area contributed by atoms with Gasteiger partial charge in [0.15, 0.2) is 0 Å². The highest BCUT2D eigenvalue weighted by molar-refractivity contribution is 6.76. The molecule has 2 atom stereocenters. The average molecular weight is 542 g/mol. The summed E-state index contributed by atoms with van der Waals surface area (Å²) in [6, 6.07) is 25.8. The topological polar surface area (TPSA) is 55.6 Å². The molecule has 1 amide bonds. The van der Waals surface area contributed by atoms with Crippen molar-refractivity contribution in [1.82, 2.24) is 14.7 Å². The van der Waals surface area contributed by atoms with Gasteiger partial charge < -0.3 is 14.1 Å². The number of carbonyl (C=O) groups is 1. The summed E-state index contributed by atoms with van der Waals surface area (Å²) in [5.41, 5.74) is 5.16. The van der Waals surface area contributed by atoms with Gasteiger partial charge in [0.25, 0.3) is 8.32 Å². The van der Waals surface area contributed by atoms with E-state index in [0.29, 0.717) is 6.54 Å². The van der Waals surface area contributed by atoms with E-state index in [1.165, 1.54) is 0 Å². The highest BCUT2D eigenvalue weighted by Crippen LogP contribution is 2.45. The molecule has 0 fully saturated rings. The first kappa shape index (κ1) is 28.6. The van der Waals surface area contributed by atoms with E-state index in [2.05, 4.69) is 100 Å². The maximum Gasteiger partial charge on any atom is 0.254 e. The van der Waals surface area contributed by atoms with Gasteiger partial charge in [-0.2, -0.15) is 0 Å². The quantitative estimate of drug-likeness (QED) is 0.230. The Morgan fingerprint density at radius 3 is 2.31 bits per heavy atom. The van der Waals surface area contributed by atoms with E-state index in [1.54, 1.807) is 6.92 Å². The van der Waals surface area contributed by atoms with Crippen molar-refractivity contribution in [3.8, 4) is 17.0 Å². The van der Waals surface area contributed by atoms with Crippen LogP contribution in [0.2, 0.25) is 17.6 Å². The van der Waals surface area contributed by atoms with Crippen LogP contribution in [-0.2, 0) is 4.79 Å². The molecule has 0 aliphatic rings. The van der Waals surface area contributed by atoms with Gasteiger partial charge in [-0.1, -0.05) is 90.1 Å². The summed E-state index contributed by atoms with van der Waals surface area (Å²) in [7, 11) is -2.18. The molecule has 0 aliphatic heterocycles. The number of benzene rings is 2. The van der Waals surface area contributed by atoms with Crippen molar-refractivity contribution in [2.45, 2.75) is 72.0 Å². The molecule has 0 spiro atoms. The lowest BCUT2D eigenvalue weighted by Gasteiger charge is -2.43. The van der Waals surface area contributed by atoms with Gasteiger partial charge in [-0.05, 0) is 52.9 Å². The number of amides is 1. The fourth-order valence-electron chi connectivity index (χ4n) is 5.30. The molecule has 4 aromatic rings. The van der Waals surface area contributed by atoms with Gasteiger partial charge in [-0.15, -0.1) is 0 Å². The second kappa shape index (κ2) is 11.0. The molecule has 1 N–H and O–H groups in total. The Kier molecular flexibility index (Phi) is 8.08. The second-order valence-electron chi connectivity index (χ2n) is 13.0. The van der Waals surface area contributed by atoms with Crippen LogP contribution >= 0.6 is 0 Å². The van der Waals surface area contributed by atoms with Gasteiger partial charge in [0, 0.05) is 31.1 Å². The number of aromatic nitrogens is 2. The molecule has 2 aromatic carbocycles. The predicted molar refractivity (Wildman–Crippen MR) is 164 cm³/mol. The predicted octanol–water partition coefficient (Wildman–Crippen LogP) is 8.07.